The van der Waals surface area contributed by atoms with Gasteiger partial charge in [0.05, 0.1) is 24.1 Å². The zero-order valence-electron chi connectivity index (χ0n) is 21.4. The van der Waals surface area contributed by atoms with E-state index < -0.39 is 23.6 Å². The van der Waals surface area contributed by atoms with Gasteiger partial charge in [-0.25, -0.2) is 14.4 Å². The number of methoxy groups -OCH3 is 1. The molecular weight excluding hydrogens is 502 g/mol. The first-order valence-electron chi connectivity index (χ1n) is 12.9. The number of halogens is 4. The summed E-state index contributed by atoms with van der Waals surface area (Å²) >= 11 is 0. The van der Waals surface area contributed by atoms with Gasteiger partial charge in [-0.05, 0) is 63.7 Å². The van der Waals surface area contributed by atoms with Gasteiger partial charge in [0.15, 0.2) is 5.65 Å². The lowest BCUT2D eigenvalue weighted by Crippen LogP contribution is -2.43. The maximum absolute atomic E-state index is 14.8. The maximum Gasteiger partial charge on any atom is 0.419 e. The van der Waals surface area contributed by atoms with Crippen molar-refractivity contribution in [3.8, 4) is 5.88 Å². The molecule has 0 saturated carbocycles. The molecule has 2 fully saturated rings. The highest BCUT2D eigenvalue weighted by Crippen LogP contribution is 2.38. The topological polar surface area (TPSA) is 72.4 Å². The van der Waals surface area contributed by atoms with Crippen LogP contribution in [0.5, 0.6) is 5.88 Å². The van der Waals surface area contributed by atoms with Crippen molar-refractivity contribution in [3.05, 3.63) is 53.1 Å². The third-order valence-electron chi connectivity index (χ3n) is 7.64. The van der Waals surface area contributed by atoms with E-state index in [-0.39, 0.29) is 11.5 Å². The van der Waals surface area contributed by atoms with E-state index in [0.29, 0.717) is 28.8 Å². The predicted molar refractivity (Wildman–Crippen MR) is 135 cm³/mol. The molecule has 38 heavy (non-hydrogen) atoms. The van der Waals surface area contributed by atoms with Gasteiger partial charge in [0.25, 0.3) is 0 Å². The van der Waals surface area contributed by atoms with Crippen molar-refractivity contribution >= 4 is 16.9 Å². The highest BCUT2D eigenvalue weighted by Gasteiger charge is 2.35. The summed E-state index contributed by atoms with van der Waals surface area (Å²) in [4.78, 5) is 15.7. The average molecular weight is 534 g/mol. The van der Waals surface area contributed by atoms with Gasteiger partial charge in [0.1, 0.15) is 18.0 Å². The molecule has 1 aromatic carbocycles. The second-order valence-corrected chi connectivity index (χ2v) is 9.91. The SMILES string of the molecule is COc1nc2ncnc(N[C@H](C)c3cccc(C(F)(F)F)c3F)c2cc1C1CCN(C2CCOCC2)CC1. The van der Waals surface area contributed by atoms with Crippen molar-refractivity contribution in [2.45, 2.75) is 56.8 Å². The van der Waals surface area contributed by atoms with Gasteiger partial charge in [-0.1, -0.05) is 12.1 Å². The zero-order valence-corrected chi connectivity index (χ0v) is 21.4. The van der Waals surface area contributed by atoms with Crippen LogP contribution in [0.25, 0.3) is 11.0 Å². The second kappa shape index (κ2) is 11.0. The standard InChI is InChI=1S/C27H31F4N5O2/c1-16(19-4-3-5-22(23(19)28)27(29,30)31)34-24-21-14-20(26(37-2)35-25(21)33-15-32-24)17-6-10-36(11-7-17)18-8-12-38-13-9-18/h3-5,14-18H,6-13H2,1-2H3,(H,32,33,34,35)/t16-/m1/s1. The van der Waals surface area contributed by atoms with Crippen molar-refractivity contribution < 1.29 is 27.0 Å². The molecule has 0 radical (unpaired) electrons. The number of hydrogen-bond acceptors (Lipinski definition) is 7. The van der Waals surface area contributed by atoms with Crippen molar-refractivity contribution in [3.63, 3.8) is 0 Å². The van der Waals surface area contributed by atoms with Crippen LogP contribution in [-0.4, -0.2) is 59.3 Å². The number of rotatable bonds is 6. The molecule has 7 nitrogen and oxygen atoms in total. The van der Waals surface area contributed by atoms with Crippen molar-refractivity contribution in [2.75, 3.05) is 38.7 Å². The van der Waals surface area contributed by atoms with Gasteiger partial charge in [-0.2, -0.15) is 18.2 Å². The first kappa shape index (κ1) is 26.6. The molecule has 2 aliphatic heterocycles. The summed E-state index contributed by atoms with van der Waals surface area (Å²) in [5, 5.41) is 3.68. The quantitative estimate of drug-likeness (QED) is 0.406. The highest BCUT2D eigenvalue weighted by atomic mass is 19.4. The Balaban J connectivity index is 1.41. The lowest BCUT2D eigenvalue weighted by Gasteiger charge is -2.39. The van der Waals surface area contributed by atoms with E-state index >= 15 is 0 Å². The highest BCUT2D eigenvalue weighted by molar-refractivity contribution is 5.87. The summed E-state index contributed by atoms with van der Waals surface area (Å²) in [6, 6.07) is 5.00. The van der Waals surface area contributed by atoms with Gasteiger partial charge in [-0.3, -0.25) is 0 Å². The number of ether oxygens (including phenoxy) is 2. The third kappa shape index (κ3) is 5.40. The molecule has 2 aromatic heterocycles. The van der Waals surface area contributed by atoms with Gasteiger partial charge < -0.3 is 19.7 Å². The van der Waals surface area contributed by atoms with Gasteiger partial charge in [-0.15, -0.1) is 0 Å². The summed E-state index contributed by atoms with van der Waals surface area (Å²) < 4.78 is 65.6. The molecule has 11 heteroatoms. The molecule has 4 heterocycles. The van der Waals surface area contributed by atoms with Gasteiger partial charge in [0.2, 0.25) is 5.88 Å². The molecule has 0 amide bonds. The molecular formula is C27H31F4N5O2. The molecule has 2 aliphatic rings. The predicted octanol–water partition coefficient (Wildman–Crippen LogP) is 5.72. The number of pyridine rings is 1. The minimum absolute atomic E-state index is 0.103. The smallest absolute Gasteiger partial charge is 0.419 e. The number of piperidine rings is 1. The van der Waals surface area contributed by atoms with E-state index in [4.69, 9.17) is 9.47 Å². The average Bonchev–Trinajstić information content (AvgIpc) is 2.92. The van der Waals surface area contributed by atoms with Crippen LogP contribution in [-0.2, 0) is 10.9 Å². The van der Waals surface area contributed by atoms with Crippen LogP contribution in [0, 0.1) is 5.82 Å². The van der Waals surface area contributed by atoms with Crippen LogP contribution >= 0.6 is 0 Å². The molecule has 0 bridgehead atoms. The molecule has 2 saturated heterocycles. The van der Waals surface area contributed by atoms with E-state index in [0.717, 1.165) is 63.6 Å². The monoisotopic (exact) mass is 533 g/mol. The molecule has 1 N–H and O–H groups in total. The van der Waals surface area contributed by atoms with Gasteiger partial charge in [0, 0.05) is 30.4 Å². The summed E-state index contributed by atoms with van der Waals surface area (Å²) in [5.41, 5.74) is -0.0624. The Labute approximate surface area is 218 Å². The summed E-state index contributed by atoms with van der Waals surface area (Å²) in [7, 11) is 1.58. The Bertz CT molecular complexity index is 1270. The molecule has 5 rings (SSSR count). The van der Waals surface area contributed by atoms with Gasteiger partial charge >= 0.3 is 6.18 Å². The van der Waals surface area contributed by atoms with E-state index in [1.807, 2.05) is 6.07 Å². The molecule has 3 aromatic rings. The Morgan fingerprint density at radius 2 is 1.84 bits per heavy atom. The number of alkyl halides is 3. The van der Waals surface area contributed by atoms with Crippen LogP contribution in [0.4, 0.5) is 23.4 Å². The Morgan fingerprint density at radius 3 is 2.53 bits per heavy atom. The van der Waals surface area contributed by atoms with E-state index in [2.05, 4.69) is 25.2 Å². The number of hydrogen-bond donors (Lipinski definition) is 1. The molecule has 0 unspecified atom stereocenters. The first-order chi connectivity index (χ1) is 18.3. The number of likely N-dealkylation sites (tertiary alicyclic amines) is 1. The normalized spacial score (nSPS) is 19.0. The molecule has 1 atom stereocenters. The molecule has 0 aliphatic carbocycles. The van der Waals surface area contributed by atoms with Crippen LogP contribution < -0.4 is 10.1 Å². The van der Waals surface area contributed by atoms with Crippen molar-refractivity contribution in [2.24, 2.45) is 0 Å². The maximum atomic E-state index is 14.8. The second-order valence-electron chi connectivity index (χ2n) is 9.91. The van der Waals surface area contributed by atoms with Crippen molar-refractivity contribution in [1.29, 1.82) is 0 Å². The van der Waals surface area contributed by atoms with E-state index in [9.17, 15) is 17.6 Å². The van der Waals surface area contributed by atoms with E-state index in [1.165, 1.54) is 18.5 Å². The summed E-state index contributed by atoms with van der Waals surface area (Å²) in [5.74, 6) is -0.196. The zero-order chi connectivity index (χ0) is 26.9. The molecule has 0 spiro atoms. The van der Waals surface area contributed by atoms with Crippen LogP contribution in [0.15, 0.2) is 30.6 Å². The largest absolute Gasteiger partial charge is 0.481 e. The van der Waals surface area contributed by atoms with E-state index in [1.54, 1.807) is 14.0 Å². The Morgan fingerprint density at radius 1 is 1.11 bits per heavy atom. The number of nitrogens with one attached hydrogen (secondary N) is 1. The fourth-order valence-corrected chi connectivity index (χ4v) is 5.57. The lowest BCUT2D eigenvalue weighted by atomic mass is 9.88. The third-order valence-corrected chi connectivity index (χ3v) is 7.64. The van der Waals surface area contributed by atoms with Crippen LogP contribution in [0.1, 0.15) is 61.3 Å². The fraction of sp³-hybridized carbons (Fsp3) is 0.519. The van der Waals surface area contributed by atoms with Crippen LogP contribution in [0.3, 0.4) is 0 Å². The number of benzene rings is 1. The summed E-state index contributed by atoms with van der Waals surface area (Å²) in [6.45, 7) is 5.16. The summed E-state index contributed by atoms with van der Waals surface area (Å²) in [6.07, 6.45) is 0.549. The number of nitrogens with zero attached hydrogens (tertiary/aromatic N) is 4. The number of fused-ring (bicyclic) bond motifs is 1. The fourth-order valence-electron chi connectivity index (χ4n) is 5.57. The number of anilines is 1. The minimum atomic E-state index is -4.78. The first-order valence-corrected chi connectivity index (χ1v) is 12.9. The Kier molecular flexibility index (Phi) is 7.67. The van der Waals surface area contributed by atoms with Crippen molar-refractivity contribution in [1.82, 2.24) is 19.9 Å². The minimum Gasteiger partial charge on any atom is -0.481 e. The lowest BCUT2D eigenvalue weighted by molar-refractivity contribution is -0.140. The van der Waals surface area contributed by atoms with Crippen LogP contribution in [0.2, 0.25) is 0 Å². The number of aromatic nitrogens is 3. The molecule has 204 valence electrons. The Hall–Kier alpha value is -3.05.